The highest BCUT2D eigenvalue weighted by atomic mass is 16.5. The molecule has 2 heterocycles. The van der Waals surface area contributed by atoms with Gasteiger partial charge in [0.15, 0.2) is 0 Å². The van der Waals surface area contributed by atoms with Gasteiger partial charge in [-0.25, -0.2) is 4.98 Å². The summed E-state index contributed by atoms with van der Waals surface area (Å²) in [4.78, 5) is 6.37. The van der Waals surface area contributed by atoms with Gasteiger partial charge in [-0.1, -0.05) is 0 Å². The molecule has 1 radical (unpaired) electrons. The highest BCUT2D eigenvalue weighted by Gasteiger charge is 2.15. The van der Waals surface area contributed by atoms with Gasteiger partial charge in [-0.2, -0.15) is 0 Å². The van der Waals surface area contributed by atoms with Crippen LogP contribution in [0.3, 0.4) is 0 Å². The molecule has 0 N–H and O–H groups in total. The van der Waals surface area contributed by atoms with Crippen LogP contribution in [0.5, 0.6) is 5.88 Å². The van der Waals surface area contributed by atoms with E-state index in [4.69, 9.17) is 4.74 Å². The van der Waals surface area contributed by atoms with Crippen molar-refractivity contribution in [1.29, 1.82) is 0 Å². The van der Waals surface area contributed by atoms with Crippen LogP contribution in [0.4, 0.5) is 5.69 Å². The van der Waals surface area contributed by atoms with E-state index in [0.717, 1.165) is 30.4 Å². The maximum absolute atomic E-state index is 5.40. The molecule has 0 saturated heterocycles. The van der Waals surface area contributed by atoms with E-state index in [-0.39, 0.29) is 0 Å². The minimum Gasteiger partial charge on any atom is -0.474 e. The molecule has 63 valence electrons. The summed E-state index contributed by atoms with van der Waals surface area (Å²) in [6, 6.07) is 4.98. The third-order valence-electron chi connectivity index (χ3n) is 1.98. The van der Waals surface area contributed by atoms with Crippen LogP contribution in [0.1, 0.15) is 5.69 Å². The topological polar surface area (TPSA) is 25.4 Å². The SMILES string of the molecule is Cc1[c]cc2c(n1)OCCN2C. The predicted molar refractivity (Wildman–Crippen MR) is 46.6 cm³/mol. The number of fused-ring (bicyclic) bond motifs is 1. The zero-order valence-electron chi connectivity index (χ0n) is 7.29. The molecule has 12 heavy (non-hydrogen) atoms. The molecule has 0 unspecified atom stereocenters. The van der Waals surface area contributed by atoms with Crippen LogP contribution in [0.25, 0.3) is 0 Å². The fourth-order valence-corrected chi connectivity index (χ4v) is 1.26. The minimum atomic E-state index is 0.722. The van der Waals surface area contributed by atoms with E-state index in [1.54, 1.807) is 0 Å². The van der Waals surface area contributed by atoms with Gasteiger partial charge in [0.2, 0.25) is 5.88 Å². The van der Waals surface area contributed by atoms with Crippen molar-refractivity contribution < 1.29 is 4.74 Å². The van der Waals surface area contributed by atoms with Gasteiger partial charge < -0.3 is 9.64 Å². The second kappa shape index (κ2) is 2.66. The van der Waals surface area contributed by atoms with E-state index in [0.29, 0.717) is 0 Å². The molecule has 3 heteroatoms. The molecule has 0 amide bonds. The molecule has 0 aromatic carbocycles. The van der Waals surface area contributed by atoms with E-state index in [2.05, 4.69) is 16.0 Å². The molecule has 3 nitrogen and oxygen atoms in total. The largest absolute Gasteiger partial charge is 0.474 e. The van der Waals surface area contributed by atoms with Gasteiger partial charge in [0.05, 0.1) is 6.54 Å². The number of anilines is 1. The summed E-state index contributed by atoms with van der Waals surface area (Å²) in [7, 11) is 2.03. The maximum atomic E-state index is 5.40. The number of pyridine rings is 1. The van der Waals surface area contributed by atoms with E-state index in [9.17, 15) is 0 Å². The lowest BCUT2D eigenvalue weighted by Crippen LogP contribution is -2.29. The van der Waals surface area contributed by atoms with Gasteiger partial charge in [-0.3, -0.25) is 0 Å². The van der Waals surface area contributed by atoms with Crippen molar-refractivity contribution in [3.8, 4) is 5.88 Å². The van der Waals surface area contributed by atoms with Crippen LogP contribution < -0.4 is 9.64 Å². The Balaban J connectivity index is 2.46. The molecular weight excluding hydrogens is 152 g/mol. The number of nitrogens with zero attached hydrogens (tertiary/aromatic N) is 2. The molecule has 0 saturated carbocycles. The molecule has 2 rings (SSSR count). The van der Waals surface area contributed by atoms with Crippen molar-refractivity contribution >= 4 is 5.69 Å². The van der Waals surface area contributed by atoms with Crippen LogP contribution in [0, 0.1) is 13.0 Å². The van der Waals surface area contributed by atoms with Gasteiger partial charge in [0, 0.05) is 18.8 Å². The summed E-state index contributed by atoms with van der Waals surface area (Å²) >= 11 is 0. The first-order valence-corrected chi connectivity index (χ1v) is 4.00. The average Bonchev–Trinajstić information content (AvgIpc) is 2.04. The smallest absolute Gasteiger partial charge is 0.237 e. The zero-order valence-corrected chi connectivity index (χ0v) is 7.29. The van der Waals surface area contributed by atoms with E-state index >= 15 is 0 Å². The summed E-state index contributed by atoms with van der Waals surface area (Å²) < 4.78 is 5.40. The molecule has 0 spiro atoms. The maximum Gasteiger partial charge on any atom is 0.237 e. The van der Waals surface area contributed by atoms with Crippen LogP contribution in [-0.2, 0) is 0 Å². The summed E-state index contributed by atoms with van der Waals surface area (Å²) in [6.07, 6.45) is 0. The lowest BCUT2D eigenvalue weighted by atomic mass is 10.3. The molecule has 1 aromatic heterocycles. The molecule has 0 fully saturated rings. The molecular formula is C9H11N2O. The lowest BCUT2D eigenvalue weighted by molar-refractivity contribution is 0.298. The second-order valence-electron chi connectivity index (χ2n) is 2.95. The number of ether oxygens (including phenoxy) is 1. The number of aryl methyl sites for hydroxylation is 1. The van der Waals surface area contributed by atoms with Crippen LogP contribution in [0.2, 0.25) is 0 Å². The van der Waals surface area contributed by atoms with Gasteiger partial charge in [0.25, 0.3) is 0 Å². The Morgan fingerprint density at radius 2 is 2.50 bits per heavy atom. The van der Waals surface area contributed by atoms with Crippen molar-refractivity contribution in [1.82, 2.24) is 4.98 Å². The lowest BCUT2D eigenvalue weighted by Gasteiger charge is -2.26. The third kappa shape index (κ3) is 1.11. The highest BCUT2D eigenvalue weighted by molar-refractivity contribution is 5.55. The summed E-state index contributed by atoms with van der Waals surface area (Å²) in [6.45, 7) is 3.56. The molecule has 0 aliphatic carbocycles. The number of hydrogen-bond donors (Lipinski definition) is 0. The fraction of sp³-hybridized carbons (Fsp3) is 0.444. The average molecular weight is 163 g/mol. The number of aromatic nitrogens is 1. The molecule has 1 aromatic rings. The summed E-state index contributed by atoms with van der Waals surface area (Å²) in [5.41, 5.74) is 1.91. The zero-order chi connectivity index (χ0) is 8.55. The van der Waals surface area contributed by atoms with Crippen molar-refractivity contribution in [2.24, 2.45) is 0 Å². The van der Waals surface area contributed by atoms with Gasteiger partial charge in [-0.15, -0.1) is 0 Å². The van der Waals surface area contributed by atoms with E-state index in [1.165, 1.54) is 0 Å². The quantitative estimate of drug-likeness (QED) is 0.571. The van der Waals surface area contributed by atoms with Crippen molar-refractivity contribution in [3.05, 3.63) is 17.8 Å². The Kier molecular flexibility index (Phi) is 1.64. The number of likely N-dealkylation sites (N-methyl/N-ethyl adjacent to an activating group) is 1. The molecule has 1 aliphatic heterocycles. The third-order valence-corrected chi connectivity index (χ3v) is 1.98. The van der Waals surface area contributed by atoms with Crippen LogP contribution in [-0.4, -0.2) is 25.2 Å². The molecule has 1 aliphatic rings. The van der Waals surface area contributed by atoms with Crippen LogP contribution in [0.15, 0.2) is 6.07 Å². The Labute approximate surface area is 72.0 Å². The first-order valence-electron chi connectivity index (χ1n) is 4.00. The molecule has 0 bridgehead atoms. The Hall–Kier alpha value is -1.25. The molecule has 0 atom stereocenters. The standard InChI is InChI=1S/C9H11N2O/c1-7-3-4-8-9(10-7)12-6-5-11(8)2/h4H,5-6H2,1-2H3. The minimum absolute atomic E-state index is 0.722. The van der Waals surface area contributed by atoms with Crippen LogP contribution >= 0.6 is 0 Å². The highest BCUT2D eigenvalue weighted by Crippen LogP contribution is 2.27. The number of hydrogen-bond acceptors (Lipinski definition) is 3. The van der Waals surface area contributed by atoms with Crippen molar-refractivity contribution in [2.45, 2.75) is 6.92 Å². The van der Waals surface area contributed by atoms with Crippen molar-refractivity contribution in [2.75, 3.05) is 25.1 Å². The van der Waals surface area contributed by atoms with Crippen molar-refractivity contribution in [3.63, 3.8) is 0 Å². The van der Waals surface area contributed by atoms with E-state index in [1.807, 2.05) is 20.0 Å². The fourth-order valence-electron chi connectivity index (χ4n) is 1.26. The first-order chi connectivity index (χ1) is 5.77. The Bertz CT molecular complexity index is 299. The first kappa shape index (κ1) is 7.40. The van der Waals surface area contributed by atoms with Gasteiger partial charge in [0.1, 0.15) is 12.3 Å². The summed E-state index contributed by atoms with van der Waals surface area (Å²) in [5, 5.41) is 0. The predicted octanol–water partition coefficient (Wildman–Crippen LogP) is 1.02. The second-order valence-corrected chi connectivity index (χ2v) is 2.95. The Morgan fingerprint density at radius 1 is 1.67 bits per heavy atom. The summed E-state index contributed by atoms with van der Waals surface area (Å²) in [5.74, 6) is 0.736. The normalized spacial score (nSPS) is 15.3. The number of rotatable bonds is 0. The van der Waals surface area contributed by atoms with Gasteiger partial charge in [-0.05, 0) is 13.0 Å². The van der Waals surface area contributed by atoms with Gasteiger partial charge >= 0.3 is 0 Å². The van der Waals surface area contributed by atoms with E-state index < -0.39 is 0 Å². The Morgan fingerprint density at radius 3 is 3.33 bits per heavy atom. The monoisotopic (exact) mass is 163 g/mol.